The summed E-state index contributed by atoms with van der Waals surface area (Å²) >= 11 is 0. The molecule has 26 heavy (non-hydrogen) atoms. The van der Waals surface area contributed by atoms with Crippen molar-refractivity contribution in [2.45, 2.75) is 64.2 Å². The summed E-state index contributed by atoms with van der Waals surface area (Å²) in [7, 11) is 1.62. The van der Waals surface area contributed by atoms with Crippen LogP contribution < -0.4 is 10.3 Å². The van der Waals surface area contributed by atoms with Gasteiger partial charge in [0.25, 0.3) is 5.56 Å². The smallest absolute Gasteiger partial charge is 0.270 e. The molecule has 1 atom stereocenters. The Labute approximate surface area is 155 Å². The number of aromatic amines is 1. The first-order valence-electron chi connectivity index (χ1n) is 10.3. The first-order chi connectivity index (χ1) is 12.7. The fourth-order valence-electron chi connectivity index (χ4n) is 5.15. The molecular formula is C22H30N2O2. The van der Waals surface area contributed by atoms with Crippen molar-refractivity contribution in [1.29, 1.82) is 0 Å². The molecule has 1 aromatic carbocycles. The van der Waals surface area contributed by atoms with Gasteiger partial charge in [-0.1, -0.05) is 32.1 Å². The van der Waals surface area contributed by atoms with Crippen molar-refractivity contribution < 1.29 is 4.74 Å². The van der Waals surface area contributed by atoms with Gasteiger partial charge in [-0.3, -0.25) is 4.79 Å². The van der Waals surface area contributed by atoms with Gasteiger partial charge < -0.3 is 9.72 Å². The van der Waals surface area contributed by atoms with Crippen LogP contribution in [0.2, 0.25) is 0 Å². The Morgan fingerprint density at radius 2 is 2.00 bits per heavy atom. The Hall–Kier alpha value is -1.84. The van der Waals surface area contributed by atoms with Gasteiger partial charge in [0.15, 0.2) is 0 Å². The maximum absolute atomic E-state index is 12.3. The molecule has 140 valence electrons. The standard InChI is InChI=1S/C22H30N2O2/c1-26-18-11-12-19-21(14-18)24-22(25)20(23-19)6-4-2-3-5-17-13-15-7-9-16(17)10-8-15/h11-12,14-17H,2-10,13H2,1H3,(H,24,25)/t15?,16?,17-/m0/s1. The number of hydrogen-bond donors (Lipinski definition) is 1. The van der Waals surface area contributed by atoms with E-state index in [-0.39, 0.29) is 5.56 Å². The lowest BCUT2D eigenvalue weighted by molar-refractivity contribution is 0.0910. The maximum atomic E-state index is 12.3. The van der Waals surface area contributed by atoms with Gasteiger partial charge in [-0.25, -0.2) is 4.98 Å². The molecule has 0 saturated heterocycles. The van der Waals surface area contributed by atoms with E-state index in [0.717, 1.165) is 47.4 Å². The second-order valence-electron chi connectivity index (χ2n) is 8.27. The number of nitrogens with one attached hydrogen (secondary N) is 1. The average Bonchev–Trinajstić information content (AvgIpc) is 2.68. The number of rotatable bonds is 7. The van der Waals surface area contributed by atoms with Gasteiger partial charge in [-0.2, -0.15) is 0 Å². The first kappa shape index (κ1) is 17.6. The molecule has 0 radical (unpaired) electrons. The minimum atomic E-state index is -0.0599. The number of unbranched alkanes of at least 4 members (excludes halogenated alkanes) is 2. The quantitative estimate of drug-likeness (QED) is 0.722. The lowest BCUT2D eigenvalue weighted by atomic mass is 9.63. The van der Waals surface area contributed by atoms with Crippen molar-refractivity contribution in [3.05, 3.63) is 34.2 Å². The molecule has 1 N–H and O–H groups in total. The van der Waals surface area contributed by atoms with Crippen molar-refractivity contribution in [2.75, 3.05) is 7.11 Å². The molecule has 3 fully saturated rings. The van der Waals surface area contributed by atoms with E-state index in [1.165, 1.54) is 51.4 Å². The number of H-pyrrole nitrogens is 1. The van der Waals surface area contributed by atoms with Crippen LogP contribution in [-0.4, -0.2) is 17.1 Å². The van der Waals surface area contributed by atoms with E-state index in [9.17, 15) is 4.79 Å². The SMILES string of the molecule is COc1ccc2nc(CCCCC[C@H]3CC4CCC3CC4)c(=O)[nH]c2c1. The minimum absolute atomic E-state index is 0.0599. The number of hydrogen-bond acceptors (Lipinski definition) is 3. The summed E-state index contributed by atoms with van der Waals surface area (Å²) in [6.45, 7) is 0. The number of methoxy groups -OCH3 is 1. The zero-order valence-corrected chi connectivity index (χ0v) is 15.8. The van der Waals surface area contributed by atoms with Gasteiger partial charge in [-0.05, 0) is 62.0 Å². The molecule has 4 nitrogen and oxygen atoms in total. The van der Waals surface area contributed by atoms with Crippen LogP contribution in [0.5, 0.6) is 5.75 Å². The largest absolute Gasteiger partial charge is 0.497 e. The van der Waals surface area contributed by atoms with Crippen molar-refractivity contribution in [2.24, 2.45) is 17.8 Å². The molecule has 0 spiro atoms. The Bertz CT molecular complexity index is 805. The number of benzene rings is 1. The molecular weight excluding hydrogens is 324 g/mol. The summed E-state index contributed by atoms with van der Waals surface area (Å²) < 4.78 is 5.20. The van der Waals surface area contributed by atoms with E-state index in [2.05, 4.69) is 9.97 Å². The van der Waals surface area contributed by atoms with Gasteiger partial charge in [0.1, 0.15) is 11.4 Å². The van der Waals surface area contributed by atoms with Crippen molar-refractivity contribution in [3.8, 4) is 5.75 Å². The molecule has 0 amide bonds. The highest BCUT2D eigenvalue weighted by atomic mass is 16.5. The molecule has 3 saturated carbocycles. The maximum Gasteiger partial charge on any atom is 0.270 e. The second-order valence-corrected chi connectivity index (χ2v) is 8.27. The number of ether oxygens (including phenoxy) is 1. The fourth-order valence-corrected chi connectivity index (χ4v) is 5.15. The summed E-state index contributed by atoms with van der Waals surface area (Å²) in [6, 6.07) is 5.62. The molecule has 0 aliphatic heterocycles. The van der Waals surface area contributed by atoms with Gasteiger partial charge >= 0.3 is 0 Å². The van der Waals surface area contributed by atoms with Gasteiger partial charge in [0.2, 0.25) is 0 Å². The number of aryl methyl sites for hydroxylation is 1. The van der Waals surface area contributed by atoms with Gasteiger partial charge in [0, 0.05) is 6.07 Å². The zero-order valence-electron chi connectivity index (χ0n) is 15.8. The molecule has 1 aromatic heterocycles. The van der Waals surface area contributed by atoms with Crippen molar-refractivity contribution >= 4 is 11.0 Å². The van der Waals surface area contributed by atoms with Crippen LogP contribution >= 0.6 is 0 Å². The zero-order chi connectivity index (χ0) is 17.9. The lowest BCUT2D eigenvalue weighted by Gasteiger charge is -2.42. The summed E-state index contributed by atoms with van der Waals surface area (Å²) in [6.07, 6.45) is 13.2. The topological polar surface area (TPSA) is 55.0 Å². The van der Waals surface area contributed by atoms with Gasteiger partial charge in [-0.15, -0.1) is 0 Å². The summed E-state index contributed by atoms with van der Waals surface area (Å²) in [4.78, 5) is 19.8. The summed E-state index contributed by atoms with van der Waals surface area (Å²) in [5, 5.41) is 0. The van der Waals surface area contributed by atoms with E-state index < -0.39 is 0 Å². The van der Waals surface area contributed by atoms with E-state index in [1.54, 1.807) is 7.11 Å². The highest BCUT2D eigenvalue weighted by Gasteiger charge is 2.34. The van der Waals surface area contributed by atoms with E-state index in [1.807, 2.05) is 18.2 Å². The van der Waals surface area contributed by atoms with Crippen molar-refractivity contribution in [3.63, 3.8) is 0 Å². The average molecular weight is 354 g/mol. The van der Waals surface area contributed by atoms with E-state index in [0.29, 0.717) is 5.69 Å². The Morgan fingerprint density at radius 1 is 1.15 bits per heavy atom. The normalized spacial score (nSPS) is 24.9. The van der Waals surface area contributed by atoms with Gasteiger partial charge in [0.05, 0.1) is 18.1 Å². The predicted octanol–water partition coefficient (Wildman–Crippen LogP) is 4.86. The number of fused-ring (bicyclic) bond motifs is 4. The lowest BCUT2D eigenvalue weighted by Crippen LogP contribution is -2.31. The number of aromatic nitrogens is 2. The molecule has 2 bridgehead atoms. The molecule has 1 heterocycles. The summed E-state index contributed by atoms with van der Waals surface area (Å²) in [5.74, 6) is 3.77. The van der Waals surface area contributed by atoms with Crippen LogP contribution in [0.3, 0.4) is 0 Å². The Morgan fingerprint density at radius 3 is 2.73 bits per heavy atom. The predicted molar refractivity (Wildman–Crippen MR) is 105 cm³/mol. The van der Waals surface area contributed by atoms with E-state index in [4.69, 9.17) is 4.74 Å². The molecule has 4 heteroatoms. The molecule has 0 unspecified atom stereocenters. The van der Waals surface area contributed by atoms with E-state index >= 15 is 0 Å². The third-order valence-corrected chi connectivity index (χ3v) is 6.65. The molecule has 3 aliphatic carbocycles. The third kappa shape index (κ3) is 3.79. The minimum Gasteiger partial charge on any atom is -0.497 e. The third-order valence-electron chi connectivity index (χ3n) is 6.65. The molecule has 2 aromatic rings. The van der Waals surface area contributed by atoms with Crippen LogP contribution in [0.25, 0.3) is 11.0 Å². The van der Waals surface area contributed by atoms with Crippen LogP contribution in [-0.2, 0) is 6.42 Å². The van der Waals surface area contributed by atoms with Crippen LogP contribution in [0.1, 0.15) is 63.5 Å². The Balaban J connectivity index is 1.28. The fraction of sp³-hybridized carbons (Fsp3) is 0.636. The highest BCUT2D eigenvalue weighted by Crippen LogP contribution is 2.46. The monoisotopic (exact) mass is 354 g/mol. The highest BCUT2D eigenvalue weighted by molar-refractivity contribution is 5.75. The first-order valence-corrected chi connectivity index (χ1v) is 10.3. The molecule has 3 aliphatic rings. The van der Waals surface area contributed by atoms with Crippen LogP contribution in [0.4, 0.5) is 0 Å². The second kappa shape index (κ2) is 7.81. The van der Waals surface area contributed by atoms with Crippen LogP contribution in [0, 0.1) is 17.8 Å². The number of nitrogens with zero attached hydrogens (tertiary/aromatic N) is 1. The van der Waals surface area contributed by atoms with Crippen molar-refractivity contribution in [1.82, 2.24) is 9.97 Å². The molecule has 5 rings (SSSR count). The Kier molecular flexibility index (Phi) is 5.28. The van der Waals surface area contributed by atoms with Crippen LogP contribution in [0.15, 0.2) is 23.0 Å². The summed E-state index contributed by atoms with van der Waals surface area (Å²) in [5.41, 5.74) is 2.18.